The van der Waals surface area contributed by atoms with Crippen LogP contribution in [0.1, 0.15) is 30.0 Å². The Labute approximate surface area is 268 Å². The molecule has 15 nitrogen and oxygen atoms in total. The fourth-order valence-corrected chi connectivity index (χ4v) is 5.33. The molecule has 0 aliphatic carbocycles. The van der Waals surface area contributed by atoms with Gasteiger partial charge in [0, 0.05) is 61.0 Å². The van der Waals surface area contributed by atoms with Crippen molar-refractivity contribution in [2.75, 3.05) is 33.3 Å². The van der Waals surface area contributed by atoms with Crippen molar-refractivity contribution in [3.63, 3.8) is 0 Å². The molecule has 2 N–H and O–H groups in total. The lowest BCUT2D eigenvalue weighted by Gasteiger charge is -2.36. The summed E-state index contributed by atoms with van der Waals surface area (Å²) < 4.78 is 17.0. The second kappa shape index (κ2) is 14.6. The fraction of sp³-hybridized carbons (Fsp3) is 0.281. The number of ether oxygens (including phenoxy) is 2. The van der Waals surface area contributed by atoms with Gasteiger partial charge in [-0.05, 0) is 43.7 Å². The number of para-hydroxylation sites is 2. The largest absolute Gasteiger partial charge is 0.483 e. The lowest BCUT2D eigenvalue weighted by molar-refractivity contribution is -0.385. The second-order valence-corrected chi connectivity index (χ2v) is 10.9. The highest BCUT2D eigenvalue weighted by atomic mass is 16.6. The molecule has 4 heterocycles. The number of nitrogens with zero attached hydrogens (tertiary/aromatic N) is 6. The zero-order valence-corrected chi connectivity index (χ0v) is 26.0. The van der Waals surface area contributed by atoms with Gasteiger partial charge >= 0.3 is 11.7 Å². The van der Waals surface area contributed by atoms with E-state index >= 15 is 0 Å². The van der Waals surface area contributed by atoms with Gasteiger partial charge in [-0.1, -0.05) is 12.1 Å². The number of fused-ring (bicyclic) bond motifs is 1. The zero-order valence-electron chi connectivity index (χ0n) is 26.0. The topological polar surface area (TPSA) is 190 Å². The number of piperazine rings is 1. The summed E-state index contributed by atoms with van der Waals surface area (Å²) in [6.07, 6.45) is 5.04. The third-order valence-electron chi connectivity index (χ3n) is 7.72. The number of benzene rings is 2. The Hall–Kier alpha value is -5.67. The molecule has 244 valence electrons. The molecule has 3 aromatic heterocycles. The van der Waals surface area contributed by atoms with Crippen LogP contribution in [0.3, 0.4) is 0 Å². The summed E-state index contributed by atoms with van der Waals surface area (Å²) in [6.45, 7) is 8.81. The van der Waals surface area contributed by atoms with Crippen LogP contribution in [-0.2, 0) is 11.3 Å². The number of rotatable bonds is 9. The summed E-state index contributed by atoms with van der Waals surface area (Å²) in [5, 5.41) is 26.4. The van der Waals surface area contributed by atoms with Crippen molar-refractivity contribution in [1.82, 2.24) is 30.0 Å². The fourth-order valence-electron chi connectivity index (χ4n) is 5.33. The van der Waals surface area contributed by atoms with Crippen molar-refractivity contribution in [1.29, 1.82) is 0 Å². The van der Waals surface area contributed by atoms with E-state index in [4.69, 9.17) is 23.8 Å². The molecule has 0 bridgehead atoms. The first kappa shape index (κ1) is 32.7. The van der Waals surface area contributed by atoms with Crippen LogP contribution in [0.25, 0.3) is 33.5 Å². The third-order valence-corrected chi connectivity index (χ3v) is 7.72. The number of nitrogens with one attached hydrogen (secondary N) is 1. The van der Waals surface area contributed by atoms with Crippen molar-refractivity contribution in [3.8, 4) is 34.2 Å². The minimum atomic E-state index is -0.847. The van der Waals surface area contributed by atoms with Crippen LogP contribution in [0.2, 0.25) is 0 Å². The number of hydrogen-bond acceptors (Lipinski definition) is 12. The van der Waals surface area contributed by atoms with Crippen LogP contribution >= 0.6 is 0 Å². The number of methoxy groups -OCH3 is 1. The maximum atomic E-state index is 13.2. The lowest BCUT2D eigenvalue weighted by Crippen LogP contribution is -2.48. The van der Waals surface area contributed by atoms with Crippen LogP contribution in [-0.4, -0.2) is 91.8 Å². The first-order chi connectivity index (χ1) is 22.7. The molecule has 1 saturated heterocycles. The molecule has 0 spiro atoms. The zero-order chi connectivity index (χ0) is 33.5. The maximum Gasteiger partial charge on any atom is 0.349 e. The van der Waals surface area contributed by atoms with Crippen LogP contribution in [0.4, 0.5) is 5.69 Å². The van der Waals surface area contributed by atoms with E-state index in [0.717, 1.165) is 48.4 Å². The molecule has 6 rings (SSSR count). The van der Waals surface area contributed by atoms with Crippen LogP contribution in [0.5, 0.6) is 11.6 Å². The molecular formula is C32H33N7O8. The molecule has 0 unspecified atom stereocenters. The first-order valence-electron chi connectivity index (χ1n) is 14.7. The summed E-state index contributed by atoms with van der Waals surface area (Å²) in [7, 11) is 1.38. The number of esters is 1. The lowest BCUT2D eigenvalue weighted by atomic mass is 10.00. The molecule has 1 aliphatic rings. The number of carbonyl (C=O) groups is 2. The summed E-state index contributed by atoms with van der Waals surface area (Å²) in [4.78, 5) is 46.1. The van der Waals surface area contributed by atoms with Gasteiger partial charge in [-0.15, -0.1) is 0 Å². The summed E-state index contributed by atoms with van der Waals surface area (Å²) in [6, 6.07) is 11.5. The minimum Gasteiger partial charge on any atom is -0.483 e. The molecule has 47 heavy (non-hydrogen) atoms. The van der Waals surface area contributed by atoms with Gasteiger partial charge in [-0.2, -0.15) is 5.10 Å². The van der Waals surface area contributed by atoms with E-state index in [9.17, 15) is 14.9 Å². The quantitative estimate of drug-likeness (QED) is 0.0743. The molecule has 1 aliphatic heterocycles. The summed E-state index contributed by atoms with van der Waals surface area (Å²) in [5.41, 5.74) is 2.42. The van der Waals surface area contributed by atoms with Gasteiger partial charge in [-0.3, -0.25) is 29.8 Å². The number of nitro benzene ring substituents is 1. The van der Waals surface area contributed by atoms with Gasteiger partial charge in [0.25, 0.3) is 6.47 Å². The molecule has 0 radical (unpaired) electrons. The average Bonchev–Trinajstić information content (AvgIpc) is 3.75. The van der Waals surface area contributed by atoms with E-state index in [1.807, 2.05) is 12.1 Å². The molecule has 0 atom stereocenters. The number of oxazole rings is 1. The number of aromatic amines is 1. The predicted molar refractivity (Wildman–Crippen MR) is 170 cm³/mol. The highest BCUT2D eigenvalue weighted by Gasteiger charge is 2.24. The second-order valence-electron chi connectivity index (χ2n) is 10.9. The van der Waals surface area contributed by atoms with Crippen molar-refractivity contribution in [2.45, 2.75) is 26.4 Å². The molecule has 5 aromatic rings. The van der Waals surface area contributed by atoms with Gasteiger partial charge in [0.1, 0.15) is 11.3 Å². The van der Waals surface area contributed by atoms with Gasteiger partial charge in [-0.25, -0.2) is 14.8 Å². The molecule has 1 fully saturated rings. The van der Waals surface area contributed by atoms with Crippen molar-refractivity contribution in [3.05, 3.63) is 82.5 Å². The van der Waals surface area contributed by atoms with E-state index in [1.54, 1.807) is 30.7 Å². The van der Waals surface area contributed by atoms with Gasteiger partial charge in [0.2, 0.25) is 17.5 Å². The van der Waals surface area contributed by atoms with Gasteiger partial charge in [0.05, 0.1) is 36.5 Å². The Bertz CT molecular complexity index is 1880. The molecule has 2 aromatic carbocycles. The maximum absolute atomic E-state index is 13.2. The van der Waals surface area contributed by atoms with Crippen molar-refractivity contribution in [2.24, 2.45) is 0 Å². The van der Waals surface area contributed by atoms with Gasteiger partial charge in [0.15, 0.2) is 0 Å². The number of pyridine rings is 1. The average molecular weight is 644 g/mol. The first-order valence-corrected chi connectivity index (χ1v) is 14.7. The highest BCUT2D eigenvalue weighted by molar-refractivity contribution is 5.98. The number of H-pyrrole nitrogens is 1. The number of carbonyl (C=O) groups excluding carboxylic acids is 1. The number of aromatic nitrogens is 4. The molecule has 15 heteroatoms. The normalized spacial score (nSPS) is 13.6. The Balaban J connectivity index is 0.00000139. The molecular weight excluding hydrogens is 610 g/mol. The van der Waals surface area contributed by atoms with E-state index in [0.29, 0.717) is 29.6 Å². The van der Waals surface area contributed by atoms with Crippen molar-refractivity contribution < 1.29 is 33.5 Å². The summed E-state index contributed by atoms with van der Waals surface area (Å²) >= 11 is 0. The predicted octanol–water partition coefficient (Wildman–Crippen LogP) is 4.64. The van der Waals surface area contributed by atoms with E-state index in [-0.39, 0.29) is 29.4 Å². The number of carboxylic acid groups (broad SMARTS) is 1. The Kier molecular flexibility index (Phi) is 10.2. The van der Waals surface area contributed by atoms with E-state index in [1.165, 1.54) is 25.3 Å². The number of nitro groups is 1. The smallest absolute Gasteiger partial charge is 0.349 e. The minimum absolute atomic E-state index is 0.00498. The molecule has 0 saturated carbocycles. The van der Waals surface area contributed by atoms with Crippen LogP contribution in [0, 0.1) is 10.1 Å². The molecule has 0 amide bonds. The third kappa shape index (κ3) is 7.43. The Morgan fingerprint density at radius 1 is 1.11 bits per heavy atom. The SMILES string of the molecule is COc1ncc(-c2cc(-c3ncc(CN4CCN(C(C)C)CC4)o3)c3cn[nH]c3c2)cc1C(=O)Oc1ccccc1[N+](=O)[O-].O=CO. The van der Waals surface area contributed by atoms with Gasteiger partial charge < -0.3 is 19.0 Å². The van der Waals surface area contributed by atoms with Crippen LogP contribution in [0.15, 0.2) is 65.5 Å². The van der Waals surface area contributed by atoms with E-state index < -0.39 is 10.9 Å². The number of hydrogen-bond donors (Lipinski definition) is 2. The Morgan fingerprint density at radius 3 is 2.55 bits per heavy atom. The van der Waals surface area contributed by atoms with Crippen LogP contribution < -0.4 is 9.47 Å². The summed E-state index contributed by atoms with van der Waals surface area (Å²) in [5.74, 6) is 0.210. The standard InChI is InChI=1S/C31H31N7O6.CH2O2/c1-19(2)37-10-8-36(9-11-37)18-22-16-33-30(43-22)23-12-20(14-26-25(23)17-34-35-26)21-13-24(29(42-3)32-15-21)31(39)44-28-7-5-4-6-27(28)38(40)41;2-1-3/h4-7,12-17,19H,8-11,18H2,1-3H3,(H,34,35);1H,(H,2,3). The van der Waals surface area contributed by atoms with Crippen molar-refractivity contribution >= 4 is 29.0 Å². The highest BCUT2D eigenvalue weighted by Crippen LogP contribution is 2.35. The van der Waals surface area contributed by atoms with E-state index in [2.05, 4.69) is 43.8 Å². The Morgan fingerprint density at radius 2 is 1.85 bits per heavy atom. The monoisotopic (exact) mass is 643 g/mol.